The van der Waals surface area contributed by atoms with Crippen molar-refractivity contribution >= 4 is 29.1 Å². The maximum Gasteiger partial charge on any atom is 0.262 e. The molecule has 33 heavy (non-hydrogen) atoms. The van der Waals surface area contributed by atoms with E-state index in [1.165, 1.54) is 0 Å². The van der Waals surface area contributed by atoms with Crippen LogP contribution in [0, 0.1) is 0 Å². The molecule has 0 fully saturated rings. The SMILES string of the molecule is CCOc1ccc(/C=C2\C=C(c3ccccc3)N(c3ccc(N(CC)CC)cc3)C2=O)cc1. The number of carbonyl (C=O) groups is 1. The summed E-state index contributed by atoms with van der Waals surface area (Å²) in [6.07, 6.45) is 3.91. The van der Waals surface area contributed by atoms with Crippen LogP contribution in [0.4, 0.5) is 11.4 Å². The maximum absolute atomic E-state index is 13.6. The Kier molecular flexibility index (Phi) is 6.94. The molecule has 1 aliphatic heterocycles. The summed E-state index contributed by atoms with van der Waals surface area (Å²) in [5, 5.41) is 0. The normalized spacial score (nSPS) is 14.5. The Bertz CT molecular complexity index is 1140. The number of hydrogen-bond donors (Lipinski definition) is 0. The monoisotopic (exact) mass is 438 g/mol. The second kappa shape index (κ2) is 10.2. The average Bonchev–Trinajstić information content (AvgIpc) is 3.18. The van der Waals surface area contributed by atoms with E-state index in [0.717, 1.165) is 47.0 Å². The predicted octanol–water partition coefficient (Wildman–Crippen LogP) is 6.40. The van der Waals surface area contributed by atoms with E-state index in [1.54, 1.807) is 0 Å². The fourth-order valence-corrected chi connectivity index (χ4v) is 4.10. The molecule has 4 rings (SSSR count). The molecule has 0 spiro atoms. The minimum Gasteiger partial charge on any atom is -0.494 e. The lowest BCUT2D eigenvalue weighted by Gasteiger charge is -2.24. The Morgan fingerprint density at radius 1 is 0.848 bits per heavy atom. The molecule has 0 aromatic heterocycles. The van der Waals surface area contributed by atoms with Crippen LogP contribution < -0.4 is 14.5 Å². The fraction of sp³-hybridized carbons (Fsp3) is 0.207. The van der Waals surface area contributed by atoms with Gasteiger partial charge in [0.2, 0.25) is 0 Å². The predicted molar refractivity (Wildman–Crippen MR) is 137 cm³/mol. The summed E-state index contributed by atoms with van der Waals surface area (Å²) in [4.78, 5) is 17.7. The molecule has 1 aliphatic rings. The van der Waals surface area contributed by atoms with Gasteiger partial charge in [0.1, 0.15) is 5.75 Å². The average molecular weight is 439 g/mol. The van der Waals surface area contributed by atoms with E-state index in [0.29, 0.717) is 12.2 Å². The van der Waals surface area contributed by atoms with E-state index < -0.39 is 0 Å². The van der Waals surface area contributed by atoms with Gasteiger partial charge in [0.25, 0.3) is 5.91 Å². The Morgan fingerprint density at radius 2 is 1.52 bits per heavy atom. The van der Waals surface area contributed by atoms with Gasteiger partial charge in [-0.3, -0.25) is 9.69 Å². The van der Waals surface area contributed by atoms with E-state index in [9.17, 15) is 4.79 Å². The van der Waals surface area contributed by atoms with E-state index in [4.69, 9.17) is 4.74 Å². The Labute approximate surface area is 196 Å². The van der Waals surface area contributed by atoms with Crippen molar-refractivity contribution in [2.24, 2.45) is 0 Å². The summed E-state index contributed by atoms with van der Waals surface area (Å²) >= 11 is 0. The van der Waals surface area contributed by atoms with Crippen molar-refractivity contribution in [1.29, 1.82) is 0 Å². The summed E-state index contributed by atoms with van der Waals surface area (Å²) in [6, 6.07) is 26.1. The zero-order valence-corrected chi connectivity index (χ0v) is 19.5. The third-order valence-electron chi connectivity index (χ3n) is 5.80. The third kappa shape index (κ3) is 4.85. The molecular formula is C29H30N2O2. The molecule has 4 nitrogen and oxygen atoms in total. The van der Waals surface area contributed by atoms with Crippen LogP contribution >= 0.6 is 0 Å². The molecule has 4 heteroatoms. The molecule has 168 valence electrons. The highest BCUT2D eigenvalue weighted by Gasteiger charge is 2.30. The summed E-state index contributed by atoms with van der Waals surface area (Å²) in [7, 11) is 0. The van der Waals surface area contributed by atoms with Crippen LogP contribution in [-0.2, 0) is 4.79 Å². The van der Waals surface area contributed by atoms with Gasteiger partial charge in [-0.2, -0.15) is 0 Å². The molecule has 0 aliphatic carbocycles. The van der Waals surface area contributed by atoms with Gasteiger partial charge < -0.3 is 9.64 Å². The molecule has 0 radical (unpaired) electrons. The molecular weight excluding hydrogens is 408 g/mol. The van der Waals surface area contributed by atoms with Crippen LogP contribution in [0.3, 0.4) is 0 Å². The van der Waals surface area contributed by atoms with Gasteiger partial charge in [0.15, 0.2) is 0 Å². The van der Waals surface area contributed by atoms with Crippen molar-refractivity contribution < 1.29 is 9.53 Å². The Hall–Kier alpha value is -3.79. The number of rotatable bonds is 8. The summed E-state index contributed by atoms with van der Waals surface area (Å²) in [5.41, 5.74) is 5.53. The van der Waals surface area contributed by atoms with Crippen LogP contribution in [0.5, 0.6) is 5.75 Å². The van der Waals surface area contributed by atoms with Crippen LogP contribution in [0.25, 0.3) is 11.8 Å². The minimum absolute atomic E-state index is 0.0293. The minimum atomic E-state index is -0.0293. The standard InChI is InChI=1S/C29H30N2O2/c1-4-30(5-2)25-14-16-26(17-15-25)31-28(23-10-8-7-9-11-23)21-24(29(31)32)20-22-12-18-27(19-13-22)33-6-3/h7-21H,4-6H2,1-3H3/b24-20+. The van der Waals surface area contributed by atoms with E-state index >= 15 is 0 Å². The van der Waals surface area contributed by atoms with Gasteiger partial charge in [0, 0.05) is 30.0 Å². The number of nitrogens with zero attached hydrogens (tertiary/aromatic N) is 2. The van der Waals surface area contributed by atoms with E-state index in [2.05, 4.69) is 30.9 Å². The fourth-order valence-electron chi connectivity index (χ4n) is 4.10. The first-order valence-corrected chi connectivity index (χ1v) is 11.6. The smallest absolute Gasteiger partial charge is 0.262 e. The molecule has 0 bridgehead atoms. The van der Waals surface area contributed by atoms with Crippen molar-refractivity contribution in [2.45, 2.75) is 20.8 Å². The number of ether oxygens (including phenoxy) is 1. The van der Waals surface area contributed by atoms with Gasteiger partial charge >= 0.3 is 0 Å². The topological polar surface area (TPSA) is 32.8 Å². The molecule has 0 N–H and O–H groups in total. The van der Waals surface area contributed by atoms with Gasteiger partial charge in [-0.1, -0.05) is 42.5 Å². The maximum atomic E-state index is 13.6. The molecule has 1 heterocycles. The Morgan fingerprint density at radius 3 is 2.12 bits per heavy atom. The van der Waals surface area contributed by atoms with Gasteiger partial charge in [-0.25, -0.2) is 0 Å². The van der Waals surface area contributed by atoms with Crippen molar-refractivity contribution in [1.82, 2.24) is 0 Å². The number of amides is 1. The van der Waals surface area contributed by atoms with Gasteiger partial charge in [0.05, 0.1) is 12.3 Å². The zero-order chi connectivity index (χ0) is 23.2. The van der Waals surface area contributed by atoms with E-state index in [1.807, 2.05) is 90.7 Å². The van der Waals surface area contributed by atoms with Crippen LogP contribution in [0.1, 0.15) is 31.9 Å². The number of carbonyl (C=O) groups excluding carboxylic acids is 1. The second-order valence-electron chi connectivity index (χ2n) is 7.83. The highest BCUT2D eigenvalue weighted by Crippen LogP contribution is 2.36. The second-order valence-corrected chi connectivity index (χ2v) is 7.83. The first-order chi connectivity index (χ1) is 16.1. The highest BCUT2D eigenvalue weighted by molar-refractivity contribution is 6.23. The molecule has 1 amide bonds. The lowest BCUT2D eigenvalue weighted by molar-refractivity contribution is -0.113. The zero-order valence-electron chi connectivity index (χ0n) is 19.5. The van der Waals surface area contributed by atoms with E-state index in [-0.39, 0.29) is 5.91 Å². The lowest BCUT2D eigenvalue weighted by Crippen LogP contribution is -2.25. The summed E-state index contributed by atoms with van der Waals surface area (Å²) in [6.45, 7) is 8.78. The molecule has 0 saturated carbocycles. The lowest BCUT2D eigenvalue weighted by atomic mass is 10.1. The largest absolute Gasteiger partial charge is 0.494 e. The highest BCUT2D eigenvalue weighted by atomic mass is 16.5. The van der Waals surface area contributed by atoms with Gasteiger partial charge in [-0.15, -0.1) is 0 Å². The summed E-state index contributed by atoms with van der Waals surface area (Å²) < 4.78 is 5.53. The third-order valence-corrected chi connectivity index (χ3v) is 5.80. The molecule has 0 atom stereocenters. The first-order valence-electron chi connectivity index (χ1n) is 11.6. The molecule has 3 aromatic rings. The van der Waals surface area contributed by atoms with Crippen LogP contribution in [0.15, 0.2) is 90.5 Å². The molecule has 0 saturated heterocycles. The first kappa shape index (κ1) is 22.4. The quantitative estimate of drug-likeness (QED) is 0.381. The molecule has 3 aromatic carbocycles. The summed E-state index contributed by atoms with van der Waals surface area (Å²) in [5.74, 6) is 0.797. The van der Waals surface area contributed by atoms with Gasteiger partial charge in [-0.05, 0) is 80.4 Å². The van der Waals surface area contributed by atoms with Crippen molar-refractivity contribution in [2.75, 3.05) is 29.5 Å². The number of benzene rings is 3. The number of hydrogen-bond acceptors (Lipinski definition) is 3. The van der Waals surface area contributed by atoms with Crippen molar-refractivity contribution in [3.8, 4) is 5.75 Å². The van der Waals surface area contributed by atoms with Crippen LogP contribution in [0.2, 0.25) is 0 Å². The van der Waals surface area contributed by atoms with Crippen molar-refractivity contribution in [3.05, 3.63) is 102 Å². The molecule has 0 unspecified atom stereocenters. The van der Waals surface area contributed by atoms with Crippen molar-refractivity contribution in [3.63, 3.8) is 0 Å². The number of anilines is 2. The van der Waals surface area contributed by atoms with Crippen LogP contribution in [-0.4, -0.2) is 25.6 Å². The Balaban J connectivity index is 1.70.